The average molecular weight is 359 g/mol. The molecule has 3 heterocycles. The third kappa shape index (κ3) is 3.13. The molecule has 1 aliphatic rings. The standard InChI is InChI=1S/C20H13N3O4/c24-18-16(11-15-8-9-17(27-15)13-5-2-1-3-6-13)19(25)23(20(26)22-18)14-7-4-10-21-12-14/h1-12H,(H,22,24,26)/b16-11+. The summed E-state index contributed by atoms with van der Waals surface area (Å²) in [6.45, 7) is 0. The summed E-state index contributed by atoms with van der Waals surface area (Å²) in [5.74, 6) is -0.587. The van der Waals surface area contributed by atoms with Gasteiger partial charge in [-0.15, -0.1) is 0 Å². The first kappa shape index (κ1) is 16.5. The highest BCUT2D eigenvalue weighted by Gasteiger charge is 2.37. The van der Waals surface area contributed by atoms with Gasteiger partial charge in [0.15, 0.2) is 0 Å². The highest BCUT2D eigenvalue weighted by Crippen LogP contribution is 2.25. The largest absolute Gasteiger partial charge is 0.457 e. The van der Waals surface area contributed by atoms with Crippen molar-refractivity contribution in [2.75, 3.05) is 4.90 Å². The van der Waals surface area contributed by atoms with Crippen LogP contribution in [-0.2, 0) is 9.59 Å². The first-order valence-electron chi connectivity index (χ1n) is 8.10. The third-order valence-electron chi connectivity index (χ3n) is 3.98. The number of carbonyl (C=O) groups is 3. The number of barbiturate groups is 1. The lowest BCUT2D eigenvalue weighted by molar-refractivity contribution is -0.122. The summed E-state index contributed by atoms with van der Waals surface area (Å²) in [6, 6.07) is 15.2. The first-order valence-corrected chi connectivity index (χ1v) is 8.10. The molecular formula is C20H13N3O4. The van der Waals surface area contributed by atoms with Crippen LogP contribution in [0, 0.1) is 0 Å². The maximum Gasteiger partial charge on any atom is 0.336 e. The Bertz CT molecular complexity index is 1060. The molecule has 1 N–H and O–H groups in total. The lowest BCUT2D eigenvalue weighted by Crippen LogP contribution is -2.54. The maximum atomic E-state index is 12.7. The molecule has 1 aromatic carbocycles. The zero-order chi connectivity index (χ0) is 18.8. The zero-order valence-corrected chi connectivity index (χ0v) is 14.0. The normalized spacial score (nSPS) is 15.9. The van der Waals surface area contributed by atoms with Crippen molar-refractivity contribution in [3.05, 3.63) is 78.3 Å². The van der Waals surface area contributed by atoms with Crippen molar-refractivity contribution in [1.82, 2.24) is 10.3 Å². The van der Waals surface area contributed by atoms with Crippen LogP contribution in [0.4, 0.5) is 10.5 Å². The van der Waals surface area contributed by atoms with Crippen LogP contribution in [0.2, 0.25) is 0 Å². The van der Waals surface area contributed by atoms with Crippen molar-refractivity contribution < 1.29 is 18.8 Å². The van der Waals surface area contributed by atoms with Gasteiger partial charge in [0.05, 0.1) is 11.9 Å². The van der Waals surface area contributed by atoms with Crippen molar-refractivity contribution in [1.29, 1.82) is 0 Å². The Balaban J connectivity index is 1.68. The van der Waals surface area contributed by atoms with E-state index in [1.165, 1.54) is 18.5 Å². The summed E-state index contributed by atoms with van der Waals surface area (Å²) in [7, 11) is 0. The van der Waals surface area contributed by atoms with Gasteiger partial charge in [0.1, 0.15) is 17.1 Å². The number of amides is 4. The lowest BCUT2D eigenvalue weighted by atomic mass is 10.1. The fraction of sp³-hybridized carbons (Fsp3) is 0. The number of nitrogens with one attached hydrogen (secondary N) is 1. The molecular weight excluding hydrogens is 346 g/mol. The van der Waals surface area contributed by atoms with Crippen LogP contribution in [0.15, 0.2) is 77.0 Å². The van der Waals surface area contributed by atoms with E-state index in [1.807, 2.05) is 30.3 Å². The molecule has 0 bridgehead atoms. The van der Waals surface area contributed by atoms with E-state index in [1.54, 1.807) is 24.3 Å². The molecule has 0 radical (unpaired) electrons. The summed E-state index contributed by atoms with van der Waals surface area (Å²) in [5, 5.41) is 2.16. The Morgan fingerprint density at radius 2 is 1.78 bits per heavy atom. The summed E-state index contributed by atoms with van der Waals surface area (Å²) in [5.41, 5.74) is 0.934. The highest BCUT2D eigenvalue weighted by atomic mass is 16.3. The molecule has 0 atom stereocenters. The van der Waals surface area contributed by atoms with E-state index in [0.717, 1.165) is 10.5 Å². The van der Waals surface area contributed by atoms with Gasteiger partial charge in [-0.1, -0.05) is 30.3 Å². The van der Waals surface area contributed by atoms with Gasteiger partial charge in [-0.2, -0.15) is 0 Å². The van der Waals surface area contributed by atoms with Crippen molar-refractivity contribution in [2.45, 2.75) is 0 Å². The number of furan rings is 1. The number of urea groups is 1. The number of anilines is 1. The van der Waals surface area contributed by atoms with E-state index >= 15 is 0 Å². The number of nitrogens with zero attached hydrogens (tertiary/aromatic N) is 2. The second-order valence-electron chi connectivity index (χ2n) is 5.74. The number of carbonyl (C=O) groups excluding carboxylic acids is 3. The zero-order valence-electron chi connectivity index (χ0n) is 14.0. The number of aromatic nitrogens is 1. The van der Waals surface area contributed by atoms with E-state index in [-0.39, 0.29) is 11.3 Å². The maximum absolute atomic E-state index is 12.7. The smallest absolute Gasteiger partial charge is 0.336 e. The fourth-order valence-corrected chi connectivity index (χ4v) is 2.71. The molecule has 2 aromatic heterocycles. The minimum atomic E-state index is -0.820. The molecule has 7 heteroatoms. The number of hydrogen-bond donors (Lipinski definition) is 1. The van der Waals surface area contributed by atoms with E-state index in [4.69, 9.17) is 4.42 Å². The molecule has 4 rings (SSSR count). The van der Waals surface area contributed by atoms with E-state index in [2.05, 4.69) is 10.3 Å². The van der Waals surface area contributed by atoms with Crippen LogP contribution >= 0.6 is 0 Å². The second-order valence-corrected chi connectivity index (χ2v) is 5.74. The Labute approximate surface area is 153 Å². The Morgan fingerprint density at radius 3 is 2.52 bits per heavy atom. The molecule has 132 valence electrons. The predicted octanol–water partition coefficient (Wildman–Crippen LogP) is 3.01. The highest BCUT2D eigenvalue weighted by molar-refractivity contribution is 6.39. The second kappa shape index (κ2) is 6.72. The molecule has 0 unspecified atom stereocenters. The quantitative estimate of drug-likeness (QED) is 0.573. The Kier molecular flexibility index (Phi) is 4.10. The summed E-state index contributed by atoms with van der Waals surface area (Å²) in [4.78, 5) is 41.8. The number of hydrogen-bond acceptors (Lipinski definition) is 5. The van der Waals surface area contributed by atoms with Crippen molar-refractivity contribution in [3.8, 4) is 11.3 Å². The molecule has 1 aliphatic heterocycles. The molecule has 1 saturated heterocycles. The minimum absolute atomic E-state index is 0.201. The van der Waals surface area contributed by atoms with Gasteiger partial charge >= 0.3 is 6.03 Å². The number of pyridine rings is 1. The summed E-state index contributed by atoms with van der Waals surface area (Å²) >= 11 is 0. The fourth-order valence-electron chi connectivity index (χ4n) is 2.71. The van der Waals surface area contributed by atoms with Crippen molar-refractivity contribution >= 4 is 29.6 Å². The van der Waals surface area contributed by atoms with Gasteiger partial charge in [-0.25, -0.2) is 9.69 Å². The molecule has 27 heavy (non-hydrogen) atoms. The van der Waals surface area contributed by atoms with Crippen LogP contribution < -0.4 is 10.2 Å². The van der Waals surface area contributed by atoms with Gasteiger partial charge in [0, 0.05) is 11.8 Å². The van der Waals surface area contributed by atoms with Gasteiger partial charge in [-0.05, 0) is 30.3 Å². The molecule has 4 amide bonds. The molecule has 0 aliphatic carbocycles. The molecule has 7 nitrogen and oxygen atoms in total. The topological polar surface area (TPSA) is 92.5 Å². The molecule has 1 fully saturated rings. The molecule has 0 spiro atoms. The van der Waals surface area contributed by atoms with E-state index < -0.39 is 17.8 Å². The lowest BCUT2D eigenvalue weighted by Gasteiger charge is -2.25. The summed E-state index contributed by atoms with van der Waals surface area (Å²) < 4.78 is 5.71. The van der Waals surface area contributed by atoms with Gasteiger partial charge in [0.25, 0.3) is 11.8 Å². The van der Waals surface area contributed by atoms with Crippen LogP contribution in [0.3, 0.4) is 0 Å². The third-order valence-corrected chi connectivity index (χ3v) is 3.98. The van der Waals surface area contributed by atoms with Crippen LogP contribution in [0.25, 0.3) is 17.4 Å². The van der Waals surface area contributed by atoms with Crippen LogP contribution in [-0.4, -0.2) is 22.8 Å². The predicted molar refractivity (Wildman–Crippen MR) is 97.4 cm³/mol. The summed E-state index contributed by atoms with van der Waals surface area (Å²) in [6.07, 6.45) is 4.21. The number of rotatable bonds is 3. The monoisotopic (exact) mass is 359 g/mol. The minimum Gasteiger partial charge on any atom is -0.457 e. The molecule has 3 aromatic rings. The van der Waals surface area contributed by atoms with Gasteiger partial charge < -0.3 is 4.42 Å². The van der Waals surface area contributed by atoms with Gasteiger partial charge in [-0.3, -0.25) is 19.9 Å². The van der Waals surface area contributed by atoms with Crippen molar-refractivity contribution in [2.24, 2.45) is 0 Å². The van der Waals surface area contributed by atoms with Crippen LogP contribution in [0.1, 0.15) is 5.76 Å². The van der Waals surface area contributed by atoms with Crippen molar-refractivity contribution in [3.63, 3.8) is 0 Å². The number of imide groups is 2. The SMILES string of the molecule is O=C1NC(=O)N(c2cccnc2)C(=O)/C1=C/c1ccc(-c2ccccc2)o1. The average Bonchev–Trinajstić information content (AvgIpc) is 3.15. The van der Waals surface area contributed by atoms with E-state index in [0.29, 0.717) is 11.5 Å². The first-order chi connectivity index (χ1) is 13.1. The van der Waals surface area contributed by atoms with Gasteiger partial charge in [0.2, 0.25) is 0 Å². The van der Waals surface area contributed by atoms with E-state index in [9.17, 15) is 14.4 Å². The Hall–Kier alpha value is -4.00. The Morgan fingerprint density at radius 1 is 0.963 bits per heavy atom. The molecule has 0 saturated carbocycles. The van der Waals surface area contributed by atoms with Crippen LogP contribution in [0.5, 0.6) is 0 Å². The number of benzene rings is 1.